The minimum absolute atomic E-state index is 0.0556. The predicted octanol–water partition coefficient (Wildman–Crippen LogP) is 1.41. The normalized spacial score (nSPS) is 28.0. The quantitative estimate of drug-likeness (QED) is 0.576. The summed E-state index contributed by atoms with van der Waals surface area (Å²) in [6.07, 6.45) is -0.881. The molecule has 0 aromatic carbocycles. The zero-order chi connectivity index (χ0) is 19.9. The molecule has 2 saturated heterocycles. The molecule has 2 aliphatic heterocycles. The number of amides is 2. The predicted molar refractivity (Wildman–Crippen MR) is 101 cm³/mol. The van der Waals surface area contributed by atoms with Gasteiger partial charge in [0.25, 0.3) is 0 Å². The van der Waals surface area contributed by atoms with Gasteiger partial charge in [0.2, 0.25) is 11.8 Å². The van der Waals surface area contributed by atoms with Crippen LogP contribution in [0.3, 0.4) is 0 Å². The van der Waals surface area contributed by atoms with Crippen LogP contribution in [-0.4, -0.2) is 63.6 Å². The third-order valence-corrected chi connectivity index (χ3v) is 7.39. The fourth-order valence-corrected chi connectivity index (χ4v) is 5.99. The van der Waals surface area contributed by atoms with E-state index in [1.165, 1.54) is 53.7 Å². The van der Waals surface area contributed by atoms with Crippen molar-refractivity contribution in [2.24, 2.45) is 5.41 Å². The van der Waals surface area contributed by atoms with Crippen LogP contribution in [0.25, 0.3) is 0 Å². The number of carboxylic acid groups (broad SMARTS) is 1. The molecule has 146 valence electrons. The van der Waals surface area contributed by atoms with Gasteiger partial charge in [-0.2, -0.15) is 0 Å². The zero-order valence-corrected chi connectivity index (χ0v) is 16.7. The first-order valence-electron chi connectivity index (χ1n) is 8.35. The Morgan fingerprint density at radius 1 is 1.41 bits per heavy atom. The third-order valence-electron chi connectivity index (χ3n) is 4.99. The van der Waals surface area contributed by atoms with Gasteiger partial charge in [-0.15, -0.1) is 23.1 Å². The van der Waals surface area contributed by atoms with Crippen molar-refractivity contribution < 1.29 is 29.0 Å². The summed E-state index contributed by atoms with van der Waals surface area (Å²) >= 11 is 2.67. The number of hydrogen-bond donors (Lipinski definition) is 1. The molecule has 2 fully saturated rings. The molecule has 0 radical (unpaired) electrons. The molecule has 3 unspecified atom stereocenters. The topological polar surface area (TPSA) is 104 Å². The summed E-state index contributed by atoms with van der Waals surface area (Å²) in [6.45, 7) is 4.11. The molecular weight excluding hydrogens is 392 g/mol. The molecule has 1 aromatic heterocycles. The van der Waals surface area contributed by atoms with Crippen molar-refractivity contribution in [1.82, 2.24) is 4.90 Å². The highest BCUT2D eigenvalue weighted by Crippen LogP contribution is 2.47. The van der Waals surface area contributed by atoms with Crippen LogP contribution in [0.5, 0.6) is 0 Å². The zero-order valence-electron chi connectivity index (χ0n) is 15.1. The van der Waals surface area contributed by atoms with Gasteiger partial charge >= 0.3 is 11.9 Å². The number of esters is 1. The molecule has 3 rings (SSSR count). The summed E-state index contributed by atoms with van der Waals surface area (Å²) < 4.78 is 5.13. The van der Waals surface area contributed by atoms with E-state index in [4.69, 9.17) is 4.74 Å². The maximum absolute atomic E-state index is 12.8. The standard InChI is InChI=1S/C17H20N2O6S2/c1-9(25-11(3)21)17(16(23)24)7-18-14(22)13(15(18)27-8-17)19(10(2)20)12-5-4-6-26-12/h4-6,9,13,15H,7-8H2,1-3H3,(H,23,24)/t9?,13?,15-,17?/m1/s1. The Hall–Kier alpha value is -2.07. The van der Waals surface area contributed by atoms with Crippen molar-refractivity contribution in [3.8, 4) is 0 Å². The molecule has 4 atom stereocenters. The number of rotatable bonds is 5. The number of β-lactam (4-membered cyclic amide) rings is 1. The number of aliphatic carboxylic acids is 1. The molecule has 1 aromatic rings. The highest BCUT2D eigenvalue weighted by Gasteiger charge is 2.61. The van der Waals surface area contributed by atoms with Gasteiger partial charge < -0.3 is 14.7 Å². The van der Waals surface area contributed by atoms with Crippen molar-refractivity contribution in [2.45, 2.75) is 38.3 Å². The lowest BCUT2D eigenvalue weighted by Crippen LogP contribution is -2.75. The van der Waals surface area contributed by atoms with Crippen LogP contribution >= 0.6 is 23.1 Å². The summed E-state index contributed by atoms with van der Waals surface area (Å²) in [5, 5.41) is 12.0. The van der Waals surface area contributed by atoms with Gasteiger partial charge in [-0.3, -0.25) is 24.1 Å². The first kappa shape index (κ1) is 19.7. The molecule has 0 bridgehead atoms. The highest BCUT2D eigenvalue weighted by molar-refractivity contribution is 8.00. The van der Waals surface area contributed by atoms with E-state index < -0.39 is 29.5 Å². The smallest absolute Gasteiger partial charge is 0.316 e. The number of thioether (sulfide) groups is 1. The number of thiophene rings is 1. The monoisotopic (exact) mass is 412 g/mol. The van der Waals surface area contributed by atoms with E-state index >= 15 is 0 Å². The van der Waals surface area contributed by atoms with Crippen molar-refractivity contribution in [3.05, 3.63) is 17.5 Å². The molecule has 8 nitrogen and oxygen atoms in total. The lowest BCUT2D eigenvalue weighted by molar-refractivity contribution is -0.171. The number of fused-ring (bicyclic) bond motifs is 1. The third kappa shape index (κ3) is 3.20. The Morgan fingerprint density at radius 3 is 2.63 bits per heavy atom. The fourth-order valence-electron chi connectivity index (χ4n) is 3.48. The molecule has 2 aliphatic rings. The fraction of sp³-hybridized carbons (Fsp3) is 0.529. The second-order valence-corrected chi connectivity index (χ2v) is 8.70. The van der Waals surface area contributed by atoms with Gasteiger partial charge in [0, 0.05) is 26.1 Å². The maximum atomic E-state index is 12.8. The summed E-state index contributed by atoms with van der Waals surface area (Å²) in [4.78, 5) is 51.2. The van der Waals surface area contributed by atoms with E-state index in [2.05, 4.69) is 0 Å². The molecule has 0 saturated carbocycles. The molecule has 3 heterocycles. The van der Waals surface area contributed by atoms with E-state index in [0.29, 0.717) is 5.00 Å². The lowest BCUT2D eigenvalue weighted by atomic mass is 9.82. The summed E-state index contributed by atoms with van der Waals surface area (Å²) in [5.74, 6) is -2.03. The van der Waals surface area contributed by atoms with Crippen LogP contribution in [-0.2, 0) is 23.9 Å². The van der Waals surface area contributed by atoms with E-state index in [1.807, 2.05) is 5.38 Å². The Morgan fingerprint density at radius 2 is 2.11 bits per heavy atom. The first-order chi connectivity index (χ1) is 12.7. The Kier molecular flexibility index (Phi) is 5.22. The van der Waals surface area contributed by atoms with Gasteiger partial charge in [-0.05, 0) is 24.4 Å². The number of ether oxygens (including phenoxy) is 1. The van der Waals surface area contributed by atoms with E-state index in [-0.39, 0.29) is 29.5 Å². The minimum Gasteiger partial charge on any atom is -0.481 e. The largest absolute Gasteiger partial charge is 0.481 e. The van der Waals surface area contributed by atoms with Crippen LogP contribution in [0.2, 0.25) is 0 Å². The lowest BCUT2D eigenvalue weighted by Gasteiger charge is -2.56. The maximum Gasteiger partial charge on any atom is 0.316 e. The highest BCUT2D eigenvalue weighted by atomic mass is 32.2. The SMILES string of the molecule is CC(=O)OC(C)C1(C(=O)O)CS[C@@H]2C(N(C(C)=O)c3cccs3)C(=O)N2C1. The number of carbonyl (C=O) groups is 4. The molecule has 10 heteroatoms. The molecule has 27 heavy (non-hydrogen) atoms. The van der Waals surface area contributed by atoms with Gasteiger partial charge in [0.1, 0.15) is 22.9 Å². The van der Waals surface area contributed by atoms with E-state index in [1.54, 1.807) is 12.1 Å². The second-order valence-electron chi connectivity index (χ2n) is 6.67. The average molecular weight is 412 g/mol. The van der Waals surface area contributed by atoms with Crippen LogP contribution in [0.1, 0.15) is 20.8 Å². The average Bonchev–Trinajstić information content (AvgIpc) is 3.11. The summed E-state index contributed by atoms with van der Waals surface area (Å²) in [5.41, 5.74) is -1.38. The molecule has 1 N–H and O–H groups in total. The van der Waals surface area contributed by atoms with Gasteiger partial charge in [0.05, 0.1) is 5.00 Å². The first-order valence-corrected chi connectivity index (χ1v) is 10.3. The van der Waals surface area contributed by atoms with Crippen molar-refractivity contribution in [1.29, 1.82) is 0 Å². The van der Waals surface area contributed by atoms with E-state index in [9.17, 15) is 24.3 Å². The van der Waals surface area contributed by atoms with Crippen molar-refractivity contribution in [2.75, 3.05) is 17.2 Å². The molecule has 0 aliphatic carbocycles. The number of hydrogen-bond acceptors (Lipinski definition) is 7. The van der Waals surface area contributed by atoms with Crippen molar-refractivity contribution in [3.63, 3.8) is 0 Å². The van der Waals surface area contributed by atoms with Crippen LogP contribution in [0, 0.1) is 5.41 Å². The Bertz CT molecular complexity index is 782. The molecule has 0 spiro atoms. The second kappa shape index (κ2) is 7.16. The summed E-state index contributed by atoms with van der Waals surface area (Å²) in [7, 11) is 0. The molecular formula is C17H20N2O6S2. The number of carbonyl (C=O) groups excluding carboxylic acids is 3. The van der Waals surface area contributed by atoms with Crippen LogP contribution < -0.4 is 4.90 Å². The number of anilines is 1. The van der Waals surface area contributed by atoms with Crippen molar-refractivity contribution >= 4 is 51.9 Å². The van der Waals surface area contributed by atoms with Crippen LogP contribution in [0.4, 0.5) is 5.00 Å². The van der Waals surface area contributed by atoms with E-state index in [0.717, 1.165) is 0 Å². The number of nitrogens with zero attached hydrogens (tertiary/aromatic N) is 2. The molecule has 2 amide bonds. The van der Waals surface area contributed by atoms with Gasteiger partial charge in [-0.25, -0.2) is 0 Å². The van der Waals surface area contributed by atoms with Gasteiger partial charge in [0.15, 0.2) is 0 Å². The Labute approximate surface area is 164 Å². The van der Waals surface area contributed by atoms with Gasteiger partial charge in [-0.1, -0.05) is 0 Å². The Balaban J connectivity index is 1.83. The summed E-state index contributed by atoms with van der Waals surface area (Å²) in [6, 6.07) is 2.93. The number of carboxylic acids is 1. The van der Waals surface area contributed by atoms with Crippen LogP contribution in [0.15, 0.2) is 17.5 Å². The minimum atomic E-state index is -1.38.